The molecule has 1 aromatic carbocycles. The summed E-state index contributed by atoms with van der Waals surface area (Å²) in [4.78, 5) is 2.21. The predicted molar refractivity (Wildman–Crippen MR) is 79.9 cm³/mol. The van der Waals surface area contributed by atoms with Crippen molar-refractivity contribution in [3.8, 4) is 11.5 Å². The highest BCUT2D eigenvalue weighted by Gasteiger charge is 2.26. The van der Waals surface area contributed by atoms with Crippen molar-refractivity contribution in [1.82, 2.24) is 15.1 Å². The van der Waals surface area contributed by atoms with Gasteiger partial charge < -0.3 is 9.52 Å². The number of aliphatic hydroxyl groups excluding tert-OH is 1. The standard InChI is InChI=1S/C15H18ClN3O2/c16-12-6-4-11(5-7-12)15-18-17-14(21-15)10-19(8-9-20)13-2-1-3-13/h4-7,13,20H,1-3,8-10H2. The average Bonchev–Trinajstić information content (AvgIpc) is 2.86. The highest BCUT2D eigenvalue weighted by Crippen LogP contribution is 2.26. The first-order valence-electron chi connectivity index (χ1n) is 7.19. The van der Waals surface area contributed by atoms with E-state index in [1.54, 1.807) is 12.1 Å². The van der Waals surface area contributed by atoms with Crippen molar-refractivity contribution in [2.45, 2.75) is 31.8 Å². The van der Waals surface area contributed by atoms with Crippen LogP contribution in [0, 0.1) is 0 Å². The van der Waals surface area contributed by atoms with Gasteiger partial charge in [-0.05, 0) is 37.1 Å². The van der Waals surface area contributed by atoms with Gasteiger partial charge in [0.1, 0.15) is 0 Å². The third-order valence-corrected chi connectivity index (χ3v) is 4.13. The molecule has 0 radical (unpaired) electrons. The molecule has 0 saturated heterocycles. The zero-order valence-corrected chi connectivity index (χ0v) is 12.5. The van der Waals surface area contributed by atoms with Crippen molar-refractivity contribution >= 4 is 11.6 Å². The molecule has 3 rings (SSSR count). The summed E-state index contributed by atoms with van der Waals surface area (Å²) in [7, 11) is 0. The van der Waals surface area contributed by atoms with E-state index in [1.807, 2.05) is 12.1 Å². The topological polar surface area (TPSA) is 62.4 Å². The Balaban J connectivity index is 1.70. The first kappa shape index (κ1) is 14.5. The van der Waals surface area contributed by atoms with E-state index in [9.17, 15) is 5.11 Å². The normalized spacial score (nSPS) is 15.4. The Morgan fingerprint density at radius 3 is 2.62 bits per heavy atom. The highest BCUT2D eigenvalue weighted by atomic mass is 35.5. The number of halogens is 1. The molecule has 1 heterocycles. The van der Waals surface area contributed by atoms with Gasteiger partial charge in [0.2, 0.25) is 11.8 Å². The van der Waals surface area contributed by atoms with E-state index in [-0.39, 0.29) is 6.61 Å². The van der Waals surface area contributed by atoms with Crippen LogP contribution in [-0.4, -0.2) is 39.4 Å². The van der Waals surface area contributed by atoms with Crippen LogP contribution in [0.2, 0.25) is 5.02 Å². The third kappa shape index (κ3) is 3.43. The molecule has 1 fully saturated rings. The number of hydrogen-bond donors (Lipinski definition) is 1. The molecule has 0 bridgehead atoms. The Kier molecular flexibility index (Phi) is 4.53. The zero-order chi connectivity index (χ0) is 14.7. The molecule has 6 heteroatoms. The maximum absolute atomic E-state index is 9.17. The van der Waals surface area contributed by atoms with Crippen molar-refractivity contribution < 1.29 is 9.52 Å². The second kappa shape index (κ2) is 6.56. The molecule has 0 unspecified atom stereocenters. The van der Waals surface area contributed by atoms with Crippen molar-refractivity contribution in [2.24, 2.45) is 0 Å². The summed E-state index contributed by atoms with van der Waals surface area (Å²) in [5, 5.41) is 18.0. The summed E-state index contributed by atoms with van der Waals surface area (Å²) in [5.41, 5.74) is 0.857. The minimum atomic E-state index is 0.147. The predicted octanol–water partition coefficient (Wildman–Crippen LogP) is 2.74. The summed E-state index contributed by atoms with van der Waals surface area (Å²) in [6, 6.07) is 7.84. The molecule has 1 N–H and O–H groups in total. The number of aliphatic hydroxyl groups is 1. The molecule has 0 aliphatic heterocycles. The molecule has 5 nitrogen and oxygen atoms in total. The fourth-order valence-electron chi connectivity index (χ4n) is 2.47. The fraction of sp³-hybridized carbons (Fsp3) is 0.467. The van der Waals surface area contributed by atoms with Gasteiger partial charge in [0, 0.05) is 23.2 Å². The molecule has 0 amide bonds. The third-order valence-electron chi connectivity index (χ3n) is 3.87. The van der Waals surface area contributed by atoms with E-state index in [1.165, 1.54) is 19.3 Å². The number of hydrogen-bond acceptors (Lipinski definition) is 5. The van der Waals surface area contributed by atoms with Gasteiger partial charge in [0.15, 0.2) is 0 Å². The lowest BCUT2D eigenvalue weighted by molar-refractivity contribution is 0.0862. The van der Waals surface area contributed by atoms with Crippen LogP contribution in [0.4, 0.5) is 0 Å². The fourth-order valence-corrected chi connectivity index (χ4v) is 2.60. The van der Waals surface area contributed by atoms with Gasteiger partial charge in [-0.25, -0.2) is 0 Å². The van der Waals surface area contributed by atoms with Crippen LogP contribution in [0.5, 0.6) is 0 Å². The molecular formula is C15H18ClN3O2. The summed E-state index contributed by atoms with van der Waals surface area (Å²) in [5.74, 6) is 1.08. The van der Waals surface area contributed by atoms with Gasteiger partial charge in [-0.1, -0.05) is 18.0 Å². The first-order valence-corrected chi connectivity index (χ1v) is 7.57. The second-order valence-electron chi connectivity index (χ2n) is 5.29. The van der Waals surface area contributed by atoms with Crippen LogP contribution in [0.3, 0.4) is 0 Å². The Morgan fingerprint density at radius 1 is 1.24 bits per heavy atom. The lowest BCUT2D eigenvalue weighted by Crippen LogP contribution is -2.41. The minimum Gasteiger partial charge on any atom is -0.419 e. The smallest absolute Gasteiger partial charge is 0.247 e. The van der Waals surface area contributed by atoms with Crippen LogP contribution in [0.1, 0.15) is 25.2 Å². The Hall–Kier alpha value is -1.43. The maximum atomic E-state index is 9.17. The van der Waals surface area contributed by atoms with Gasteiger partial charge in [0.05, 0.1) is 13.2 Å². The number of benzene rings is 1. The van der Waals surface area contributed by atoms with Crippen LogP contribution in [-0.2, 0) is 6.54 Å². The monoisotopic (exact) mass is 307 g/mol. The molecular weight excluding hydrogens is 290 g/mol. The number of aromatic nitrogens is 2. The van der Waals surface area contributed by atoms with Gasteiger partial charge in [-0.2, -0.15) is 0 Å². The highest BCUT2D eigenvalue weighted by molar-refractivity contribution is 6.30. The number of rotatable bonds is 6. The minimum absolute atomic E-state index is 0.147. The van der Waals surface area contributed by atoms with Gasteiger partial charge >= 0.3 is 0 Å². The zero-order valence-electron chi connectivity index (χ0n) is 11.7. The molecule has 2 aromatic rings. The van der Waals surface area contributed by atoms with Crippen molar-refractivity contribution in [3.63, 3.8) is 0 Å². The Bertz CT molecular complexity index is 581. The summed E-state index contributed by atoms with van der Waals surface area (Å²) in [6.45, 7) is 1.38. The largest absolute Gasteiger partial charge is 0.419 e. The molecule has 1 saturated carbocycles. The van der Waals surface area contributed by atoms with E-state index in [2.05, 4.69) is 15.1 Å². The summed E-state index contributed by atoms with van der Waals surface area (Å²) < 4.78 is 5.72. The van der Waals surface area contributed by atoms with E-state index in [4.69, 9.17) is 16.0 Å². The average molecular weight is 308 g/mol. The molecule has 1 aromatic heterocycles. The van der Waals surface area contributed by atoms with Crippen molar-refractivity contribution in [2.75, 3.05) is 13.2 Å². The number of nitrogens with zero attached hydrogens (tertiary/aromatic N) is 3. The second-order valence-corrected chi connectivity index (χ2v) is 5.72. The lowest BCUT2D eigenvalue weighted by atomic mass is 9.91. The van der Waals surface area contributed by atoms with E-state index in [0.717, 1.165) is 5.56 Å². The van der Waals surface area contributed by atoms with Crippen LogP contribution in [0.15, 0.2) is 28.7 Å². The van der Waals surface area contributed by atoms with Crippen molar-refractivity contribution in [3.05, 3.63) is 35.2 Å². The Morgan fingerprint density at radius 2 is 2.00 bits per heavy atom. The van der Waals surface area contributed by atoms with Gasteiger partial charge in [-0.15, -0.1) is 10.2 Å². The molecule has 0 atom stereocenters. The molecule has 21 heavy (non-hydrogen) atoms. The quantitative estimate of drug-likeness (QED) is 0.889. The van der Waals surface area contributed by atoms with E-state index < -0.39 is 0 Å². The summed E-state index contributed by atoms with van der Waals surface area (Å²) >= 11 is 5.87. The lowest BCUT2D eigenvalue weighted by Gasteiger charge is -2.36. The van der Waals surface area contributed by atoms with Crippen LogP contribution < -0.4 is 0 Å². The first-order chi connectivity index (χ1) is 10.3. The van der Waals surface area contributed by atoms with Crippen molar-refractivity contribution in [1.29, 1.82) is 0 Å². The van der Waals surface area contributed by atoms with E-state index >= 15 is 0 Å². The Labute approximate surface area is 128 Å². The molecule has 0 spiro atoms. The van der Waals surface area contributed by atoms with E-state index in [0.29, 0.717) is 35.9 Å². The molecule has 1 aliphatic carbocycles. The molecule has 1 aliphatic rings. The van der Waals surface area contributed by atoms with Gasteiger partial charge in [-0.3, -0.25) is 4.90 Å². The van der Waals surface area contributed by atoms with Gasteiger partial charge in [0.25, 0.3) is 0 Å². The molecule has 112 valence electrons. The SMILES string of the molecule is OCCN(Cc1nnc(-c2ccc(Cl)cc2)o1)C1CCC1. The van der Waals surface area contributed by atoms with Crippen LogP contribution >= 0.6 is 11.6 Å². The summed E-state index contributed by atoms with van der Waals surface area (Å²) in [6.07, 6.45) is 3.61. The maximum Gasteiger partial charge on any atom is 0.247 e. The van der Waals surface area contributed by atoms with Crippen LogP contribution in [0.25, 0.3) is 11.5 Å².